The number of hydrogen-bond donors (Lipinski definition) is 2. The number of carboxylic acids is 1. The van der Waals surface area contributed by atoms with Gasteiger partial charge in [0, 0.05) is 43.4 Å². The zero-order chi connectivity index (χ0) is 26.2. The Morgan fingerprint density at radius 1 is 0.925 bits per heavy atom. The zero-order valence-corrected chi connectivity index (χ0v) is 24.4. The number of nitrogens with one attached hydrogen (secondary N) is 1. The highest BCUT2D eigenvalue weighted by Crippen LogP contribution is 2.29. The van der Waals surface area contributed by atoms with Crippen LogP contribution in [0.5, 0.6) is 0 Å². The summed E-state index contributed by atoms with van der Waals surface area (Å²) in [6.45, 7) is 4.26. The van der Waals surface area contributed by atoms with Gasteiger partial charge in [-0.25, -0.2) is 27.6 Å². The van der Waals surface area contributed by atoms with Crippen LogP contribution in [0.25, 0.3) is 10.9 Å². The molecule has 0 spiro atoms. The summed E-state index contributed by atoms with van der Waals surface area (Å²) in [5, 5.41) is 10.2. The van der Waals surface area contributed by atoms with Crippen molar-refractivity contribution in [3.63, 3.8) is 0 Å². The van der Waals surface area contributed by atoms with Crippen molar-refractivity contribution >= 4 is 81.4 Å². The standard InChI is InChI=1S/C26H24FN5O4S.3ClH/c1-17-5-6-18(27)14-23(17)37(35,36)30-19-7-8-22-20(15-19)21(26(33)34)16-25(29-22)32-12-10-31(11-13-32)24-4-2-3-9-28-24;;;/h2-9,14-16,30H,10-13H2,1H3,(H,33,34);3*1H. The van der Waals surface area contributed by atoms with E-state index in [-0.39, 0.29) is 53.4 Å². The Morgan fingerprint density at radius 2 is 1.60 bits per heavy atom. The number of aryl methyl sites for hydroxylation is 1. The second-order valence-corrected chi connectivity index (χ2v) is 10.4. The van der Waals surface area contributed by atoms with Crippen LogP contribution in [0.15, 0.2) is 71.8 Å². The molecule has 0 aliphatic carbocycles. The molecule has 1 aliphatic heterocycles. The van der Waals surface area contributed by atoms with Crippen LogP contribution in [0, 0.1) is 12.7 Å². The summed E-state index contributed by atoms with van der Waals surface area (Å²) in [6, 6.07) is 15.3. The summed E-state index contributed by atoms with van der Waals surface area (Å²) in [4.78, 5) is 25.2. The predicted molar refractivity (Wildman–Crippen MR) is 161 cm³/mol. The number of aromatic nitrogens is 2. The van der Waals surface area contributed by atoms with Crippen molar-refractivity contribution in [2.45, 2.75) is 11.8 Å². The first kappa shape index (κ1) is 32.8. The number of pyridine rings is 2. The van der Waals surface area contributed by atoms with Crippen molar-refractivity contribution in [3.05, 3.63) is 83.8 Å². The van der Waals surface area contributed by atoms with E-state index in [1.165, 1.54) is 30.3 Å². The van der Waals surface area contributed by atoms with E-state index in [2.05, 4.69) is 19.6 Å². The van der Waals surface area contributed by atoms with Crippen LogP contribution in [0.1, 0.15) is 15.9 Å². The van der Waals surface area contributed by atoms with E-state index in [4.69, 9.17) is 0 Å². The maximum absolute atomic E-state index is 13.7. The van der Waals surface area contributed by atoms with Crippen LogP contribution in [0.3, 0.4) is 0 Å². The second kappa shape index (κ2) is 13.3. The quantitative estimate of drug-likeness (QED) is 0.300. The van der Waals surface area contributed by atoms with E-state index < -0.39 is 21.8 Å². The Hall–Kier alpha value is -3.38. The van der Waals surface area contributed by atoms with Gasteiger partial charge in [-0.2, -0.15) is 0 Å². The van der Waals surface area contributed by atoms with Gasteiger partial charge in [-0.05, 0) is 61.0 Å². The molecule has 9 nitrogen and oxygen atoms in total. The number of anilines is 3. The fourth-order valence-electron chi connectivity index (χ4n) is 4.39. The molecule has 0 saturated carbocycles. The minimum Gasteiger partial charge on any atom is -0.478 e. The minimum absolute atomic E-state index is 0. The Bertz CT molecular complexity index is 1610. The molecular weight excluding hydrogens is 604 g/mol. The van der Waals surface area contributed by atoms with Crippen molar-refractivity contribution in [3.8, 4) is 0 Å². The second-order valence-electron chi connectivity index (χ2n) is 8.74. The fourth-order valence-corrected chi connectivity index (χ4v) is 5.70. The number of aromatic carboxylic acids is 1. The summed E-state index contributed by atoms with van der Waals surface area (Å²) in [5.41, 5.74) is 0.967. The molecule has 2 N–H and O–H groups in total. The number of hydrogen-bond acceptors (Lipinski definition) is 7. The van der Waals surface area contributed by atoms with Crippen LogP contribution in [-0.2, 0) is 10.0 Å². The maximum atomic E-state index is 13.7. The molecule has 2 aromatic heterocycles. The van der Waals surface area contributed by atoms with Gasteiger partial charge < -0.3 is 14.9 Å². The number of sulfonamides is 1. The van der Waals surface area contributed by atoms with Crippen LogP contribution < -0.4 is 14.5 Å². The highest BCUT2D eigenvalue weighted by molar-refractivity contribution is 7.92. The Kier molecular flexibility index (Phi) is 10.9. The van der Waals surface area contributed by atoms with Gasteiger partial charge in [-0.15, -0.1) is 37.2 Å². The molecule has 1 fully saturated rings. The highest BCUT2D eigenvalue weighted by atomic mass is 35.5. The maximum Gasteiger partial charge on any atom is 0.336 e. The number of halogens is 4. The topological polar surface area (TPSA) is 116 Å². The number of rotatable bonds is 6. The monoisotopic (exact) mass is 629 g/mol. The molecule has 1 saturated heterocycles. The van der Waals surface area contributed by atoms with Gasteiger partial charge in [-0.3, -0.25) is 4.72 Å². The molecule has 0 bridgehead atoms. The largest absolute Gasteiger partial charge is 0.478 e. The highest BCUT2D eigenvalue weighted by Gasteiger charge is 2.23. The minimum atomic E-state index is -4.10. The summed E-state index contributed by atoms with van der Waals surface area (Å²) >= 11 is 0. The molecule has 2 aromatic carbocycles. The van der Waals surface area contributed by atoms with Gasteiger partial charge in [0.05, 0.1) is 16.0 Å². The summed E-state index contributed by atoms with van der Waals surface area (Å²) < 4.78 is 41.9. The van der Waals surface area contributed by atoms with Crippen molar-refractivity contribution in [2.75, 3.05) is 40.7 Å². The van der Waals surface area contributed by atoms with Gasteiger partial charge in [-0.1, -0.05) is 12.1 Å². The third-order valence-electron chi connectivity index (χ3n) is 6.29. The molecule has 0 unspecified atom stereocenters. The lowest BCUT2D eigenvalue weighted by Crippen LogP contribution is -2.47. The molecular formula is C26H27Cl3FN5O4S. The first-order valence-electron chi connectivity index (χ1n) is 11.6. The van der Waals surface area contributed by atoms with Gasteiger partial charge in [0.15, 0.2) is 0 Å². The smallest absolute Gasteiger partial charge is 0.336 e. The average molecular weight is 631 g/mol. The Labute approximate surface area is 249 Å². The molecule has 3 heterocycles. The number of carboxylic acid groups (broad SMARTS) is 1. The molecule has 0 radical (unpaired) electrons. The first-order chi connectivity index (χ1) is 17.7. The van der Waals surface area contributed by atoms with Crippen molar-refractivity contribution in [1.82, 2.24) is 9.97 Å². The molecule has 214 valence electrons. The van der Waals surface area contributed by atoms with Crippen molar-refractivity contribution in [2.24, 2.45) is 0 Å². The molecule has 0 amide bonds. The van der Waals surface area contributed by atoms with E-state index in [9.17, 15) is 22.7 Å². The van der Waals surface area contributed by atoms with Crippen molar-refractivity contribution < 1.29 is 22.7 Å². The number of carbonyl (C=O) groups is 1. The lowest BCUT2D eigenvalue weighted by atomic mass is 10.1. The lowest BCUT2D eigenvalue weighted by Gasteiger charge is -2.36. The fraction of sp³-hybridized carbons (Fsp3) is 0.192. The van der Waals surface area contributed by atoms with E-state index >= 15 is 0 Å². The van der Waals surface area contributed by atoms with E-state index in [0.29, 0.717) is 48.5 Å². The number of piperazine rings is 1. The normalized spacial score (nSPS) is 13.1. The first-order valence-corrected chi connectivity index (χ1v) is 13.1. The van der Waals surface area contributed by atoms with E-state index in [0.717, 1.165) is 11.9 Å². The molecule has 0 atom stereocenters. The zero-order valence-electron chi connectivity index (χ0n) is 21.2. The van der Waals surface area contributed by atoms with Gasteiger partial charge >= 0.3 is 5.97 Å². The van der Waals surface area contributed by atoms with Gasteiger partial charge in [0.25, 0.3) is 10.0 Å². The van der Waals surface area contributed by atoms with E-state index in [1.807, 2.05) is 23.1 Å². The average Bonchev–Trinajstić information content (AvgIpc) is 2.89. The molecule has 14 heteroatoms. The molecule has 40 heavy (non-hydrogen) atoms. The Morgan fingerprint density at radius 3 is 2.23 bits per heavy atom. The SMILES string of the molecule is Cc1ccc(F)cc1S(=O)(=O)Nc1ccc2nc(N3CCN(c4ccccn4)CC3)cc(C(=O)O)c2c1.Cl.Cl.Cl. The van der Waals surface area contributed by atoms with Crippen LogP contribution in [-0.4, -0.2) is 55.6 Å². The lowest BCUT2D eigenvalue weighted by molar-refractivity contribution is 0.0699. The summed E-state index contributed by atoms with van der Waals surface area (Å²) in [6.07, 6.45) is 1.75. The van der Waals surface area contributed by atoms with E-state index in [1.54, 1.807) is 19.2 Å². The third-order valence-corrected chi connectivity index (χ3v) is 7.82. The van der Waals surface area contributed by atoms with Crippen molar-refractivity contribution in [1.29, 1.82) is 0 Å². The van der Waals surface area contributed by atoms with Gasteiger partial charge in [0.1, 0.15) is 17.5 Å². The number of fused-ring (bicyclic) bond motifs is 1. The number of nitrogens with zero attached hydrogens (tertiary/aromatic N) is 4. The van der Waals surface area contributed by atoms with Crippen LogP contribution >= 0.6 is 37.2 Å². The summed E-state index contributed by atoms with van der Waals surface area (Å²) in [5.74, 6) is -0.394. The van der Waals surface area contributed by atoms with Crippen LogP contribution in [0.2, 0.25) is 0 Å². The molecule has 5 rings (SSSR count). The predicted octanol–water partition coefficient (Wildman–Crippen LogP) is 5.17. The molecule has 4 aromatic rings. The van der Waals surface area contributed by atoms with Gasteiger partial charge in [0.2, 0.25) is 0 Å². The Balaban J connectivity index is 0.00000187. The summed E-state index contributed by atoms with van der Waals surface area (Å²) in [7, 11) is -4.10. The number of benzene rings is 2. The van der Waals surface area contributed by atoms with Crippen LogP contribution in [0.4, 0.5) is 21.7 Å². The third kappa shape index (κ3) is 6.84. The molecule has 1 aliphatic rings.